The fourth-order valence-electron chi connectivity index (χ4n) is 10.0. The predicted octanol–water partition coefficient (Wildman–Crippen LogP) is 15.6. The molecule has 0 aliphatic rings. The molecular formula is C60H38N4. The summed E-state index contributed by atoms with van der Waals surface area (Å²) >= 11 is 0. The molecule has 13 aromatic rings. The molecule has 3 aromatic heterocycles. The Morgan fingerprint density at radius 1 is 0.281 bits per heavy atom. The smallest absolute Gasteiger partial charge is 0.160 e. The van der Waals surface area contributed by atoms with Crippen LogP contribution in [0.1, 0.15) is 0 Å². The molecular weight excluding hydrogens is 777 g/mol. The summed E-state index contributed by atoms with van der Waals surface area (Å²) in [6.45, 7) is 0. The highest BCUT2D eigenvalue weighted by Gasteiger charge is 2.21. The minimum atomic E-state index is 0.675. The summed E-state index contributed by atoms with van der Waals surface area (Å²) in [5.74, 6) is 0.675. The maximum atomic E-state index is 5.47. The number of benzene rings is 10. The molecule has 0 amide bonds. The van der Waals surface area contributed by atoms with Gasteiger partial charge in [-0.25, -0.2) is 9.97 Å². The molecule has 0 atom stereocenters. The first-order valence-electron chi connectivity index (χ1n) is 21.8. The lowest BCUT2D eigenvalue weighted by Crippen LogP contribution is -2.02. The van der Waals surface area contributed by atoms with Gasteiger partial charge in [0.05, 0.1) is 33.5 Å². The topological polar surface area (TPSA) is 35.6 Å². The largest absolute Gasteiger partial charge is 0.309 e. The molecule has 4 heteroatoms. The van der Waals surface area contributed by atoms with Crippen LogP contribution in [0.3, 0.4) is 0 Å². The summed E-state index contributed by atoms with van der Waals surface area (Å²) in [6.07, 6.45) is 0. The molecule has 0 spiro atoms. The molecule has 0 bridgehead atoms. The van der Waals surface area contributed by atoms with Crippen molar-refractivity contribution in [2.75, 3.05) is 0 Å². The SMILES string of the molecule is c1ccc(-c2nc(-c3cc(-n4c5ccccc5c5ccc6ccccc6c54)cc(-n4c5ccccc5c5ccc6ccccc6c54)c3)cc(-c3ccccc3-c3ccccc3)n2)cc1. The van der Waals surface area contributed by atoms with E-state index >= 15 is 0 Å². The molecule has 13 rings (SSSR count). The minimum absolute atomic E-state index is 0.675. The maximum absolute atomic E-state index is 5.47. The van der Waals surface area contributed by atoms with Gasteiger partial charge in [0.2, 0.25) is 0 Å². The zero-order valence-electron chi connectivity index (χ0n) is 34.7. The van der Waals surface area contributed by atoms with E-state index in [9.17, 15) is 0 Å². The minimum Gasteiger partial charge on any atom is -0.309 e. The first-order chi connectivity index (χ1) is 31.7. The van der Waals surface area contributed by atoms with Crippen molar-refractivity contribution in [2.45, 2.75) is 0 Å². The first kappa shape index (κ1) is 36.1. The van der Waals surface area contributed by atoms with E-state index in [0.717, 1.165) is 61.6 Å². The molecule has 0 N–H and O–H groups in total. The third-order valence-electron chi connectivity index (χ3n) is 12.9. The van der Waals surface area contributed by atoms with Crippen LogP contribution in [0.2, 0.25) is 0 Å². The number of aromatic nitrogens is 4. The van der Waals surface area contributed by atoms with Gasteiger partial charge in [0.15, 0.2) is 5.82 Å². The van der Waals surface area contributed by atoms with E-state index in [0.29, 0.717) is 5.82 Å². The van der Waals surface area contributed by atoms with Gasteiger partial charge in [-0.15, -0.1) is 0 Å². The average molecular weight is 815 g/mol. The van der Waals surface area contributed by atoms with Crippen LogP contribution in [0.4, 0.5) is 0 Å². The van der Waals surface area contributed by atoms with Crippen molar-refractivity contribution in [3.63, 3.8) is 0 Å². The van der Waals surface area contributed by atoms with Gasteiger partial charge in [-0.2, -0.15) is 0 Å². The highest BCUT2D eigenvalue weighted by Crippen LogP contribution is 2.42. The number of nitrogens with zero attached hydrogens (tertiary/aromatic N) is 4. The van der Waals surface area contributed by atoms with Gasteiger partial charge < -0.3 is 9.13 Å². The normalized spacial score (nSPS) is 11.8. The van der Waals surface area contributed by atoms with E-state index in [2.05, 4.69) is 234 Å². The Morgan fingerprint density at radius 2 is 0.734 bits per heavy atom. The van der Waals surface area contributed by atoms with E-state index in [1.807, 2.05) is 6.07 Å². The van der Waals surface area contributed by atoms with Crippen LogP contribution in [-0.4, -0.2) is 19.1 Å². The Morgan fingerprint density at radius 3 is 1.31 bits per heavy atom. The highest BCUT2D eigenvalue weighted by atomic mass is 15.0. The van der Waals surface area contributed by atoms with Gasteiger partial charge in [0.25, 0.3) is 0 Å². The lowest BCUT2D eigenvalue weighted by molar-refractivity contribution is 1.13. The monoisotopic (exact) mass is 814 g/mol. The summed E-state index contributed by atoms with van der Waals surface area (Å²) in [4.78, 5) is 10.8. The van der Waals surface area contributed by atoms with Crippen molar-refractivity contribution in [2.24, 2.45) is 0 Å². The van der Waals surface area contributed by atoms with Crippen molar-refractivity contribution in [1.82, 2.24) is 19.1 Å². The second kappa shape index (κ2) is 14.5. The molecule has 0 fully saturated rings. The van der Waals surface area contributed by atoms with Crippen LogP contribution < -0.4 is 0 Å². The van der Waals surface area contributed by atoms with Crippen LogP contribution in [0.15, 0.2) is 231 Å². The fraction of sp³-hybridized carbons (Fsp3) is 0. The van der Waals surface area contributed by atoms with Gasteiger partial charge in [-0.05, 0) is 58.3 Å². The second-order valence-corrected chi connectivity index (χ2v) is 16.5. The summed E-state index contributed by atoms with van der Waals surface area (Å²) in [7, 11) is 0. The number of fused-ring (bicyclic) bond motifs is 10. The standard InChI is InChI=1S/C60H38N4/c1-3-17-39(18-4-1)46-23-11-12-26-49(46)55-38-54(61-60(62-55)42-21-5-2-6-22-42)43-35-44(63-56-29-15-13-27-50(56)52-33-31-40-19-7-9-24-47(40)58(52)63)37-45(36-43)64-57-30-16-14-28-51(57)53-34-32-41-20-8-10-25-48(41)59(53)64/h1-38H. The van der Waals surface area contributed by atoms with Gasteiger partial charge in [0.1, 0.15) is 0 Å². The van der Waals surface area contributed by atoms with Crippen molar-refractivity contribution >= 4 is 65.2 Å². The number of hydrogen-bond donors (Lipinski definition) is 0. The average Bonchev–Trinajstić information content (AvgIpc) is 3.90. The van der Waals surface area contributed by atoms with Crippen LogP contribution >= 0.6 is 0 Å². The van der Waals surface area contributed by atoms with Crippen LogP contribution in [0.5, 0.6) is 0 Å². The van der Waals surface area contributed by atoms with Crippen LogP contribution in [0, 0.1) is 0 Å². The molecule has 64 heavy (non-hydrogen) atoms. The zero-order valence-corrected chi connectivity index (χ0v) is 34.7. The van der Waals surface area contributed by atoms with Crippen LogP contribution in [0.25, 0.3) is 122 Å². The van der Waals surface area contributed by atoms with Gasteiger partial charge in [0, 0.05) is 60.4 Å². The van der Waals surface area contributed by atoms with Gasteiger partial charge in [-0.3, -0.25) is 0 Å². The van der Waals surface area contributed by atoms with E-state index in [4.69, 9.17) is 9.97 Å². The summed E-state index contributed by atoms with van der Waals surface area (Å²) in [6, 6.07) is 82.8. The van der Waals surface area contributed by atoms with Gasteiger partial charge >= 0.3 is 0 Å². The third-order valence-corrected chi connectivity index (χ3v) is 12.9. The van der Waals surface area contributed by atoms with Gasteiger partial charge in [-0.1, -0.05) is 194 Å². The van der Waals surface area contributed by atoms with E-state index in [1.54, 1.807) is 0 Å². The fourth-order valence-corrected chi connectivity index (χ4v) is 10.0. The molecule has 0 saturated heterocycles. The number of rotatable bonds is 6. The number of para-hydroxylation sites is 2. The maximum Gasteiger partial charge on any atom is 0.160 e. The van der Waals surface area contributed by atoms with Crippen LogP contribution in [-0.2, 0) is 0 Å². The summed E-state index contributed by atoms with van der Waals surface area (Å²) in [5.41, 5.74) is 13.7. The van der Waals surface area contributed by atoms with E-state index in [1.165, 1.54) is 54.1 Å². The summed E-state index contributed by atoms with van der Waals surface area (Å²) in [5, 5.41) is 9.69. The Kier molecular flexibility index (Phi) is 8.18. The first-order valence-corrected chi connectivity index (χ1v) is 21.8. The van der Waals surface area contributed by atoms with Crippen molar-refractivity contribution in [1.29, 1.82) is 0 Å². The zero-order chi connectivity index (χ0) is 42.1. The molecule has 4 nitrogen and oxygen atoms in total. The van der Waals surface area contributed by atoms with E-state index in [-0.39, 0.29) is 0 Å². The Labute approximate surface area is 369 Å². The van der Waals surface area contributed by atoms with E-state index < -0.39 is 0 Å². The highest BCUT2D eigenvalue weighted by molar-refractivity contribution is 6.20. The molecule has 10 aromatic carbocycles. The predicted molar refractivity (Wildman–Crippen MR) is 267 cm³/mol. The van der Waals surface area contributed by atoms with Crippen molar-refractivity contribution < 1.29 is 0 Å². The Hall–Kier alpha value is -8.60. The lowest BCUT2D eigenvalue weighted by atomic mass is 9.96. The molecule has 0 saturated carbocycles. The molecule has 0 unspecified atom stereocenters. The second-order valence-electron chi connectivity index (χ2n) is 16.5. The Bertz CT molecular complexity index is 3780. The molecule has 3 heterocycles. The molecule has 298 valence electrons. The number of hydrogen-bond acceptors (Lipinski definition) is 2. The molecule has 0 aliphatic heterocycles. The Balaban J connectivity index is 1.17. The summed E-state index contributed by atoms with van der Waals surface area (Å²) < 4.78 is 4.94. The quantitative estimate of drug-likeness (QED) is 0.168. The van der Waals surface area contributed by atoms with Crippen molar-refractivity contribution in [3.05, 3.63) is 231 Å². The molecule has 0 radical (unpaired) electrons. The molecule has 0 aliphatic carbocycles. The third kappa shape index (κ3) is 5.70. The lowest BCUT2D eigenvalue weighted by Gasteiger charge is -2.18. The van der Waals surface area contributed by atoms with Crippen molar-refractivity contribution in [3.8, 4) is 56.4 Å².